The Bertz CT molecular complexity index is 346. The van der Waals surface area contributed by atoms with Gasteiger partial charge in [-0.2, -0.15) is 0 Å². The van der Waals surface area contributed by atoms with Gasteiger partial charge in [0.2, 0.25) is 0 Å². The predicted octanol–water partition coefficient (Wildman–Crippen LogP) is 2.50. The van der Waals surface area contributed by atoms with Crippen LogP contribution in [0.4, 0.5) is 0 Å². The van der Waals surface area contributed by atoms with Crippen LogP contribution >= 0.6 is 0 Å². The number of nitrogens with two attached hydrogens (primary N) is 1. The zero-order chi connectivity index (χ0) is 13.6. The highest BCUT2D eigenvalue weighted by atomic mass is 16.5. The molecule has 0 heterocycles. The van der Waals surface area contributed by atoms with E-state index in [9.17, 15) is 0 Å². The lowest BCUT2D eigenvalue weighted by molar-refractivity contribution is 0.249. The summed E-state index contributed by atoms with van der Waals surface area (Å²) in [7, 11) is 3.84. The number of benzene rings is 1. The van der Waals surface area contributed by atoms with E-state index < -0.39 is 0 Å². The maximum absolute atomic E-state index is 5.74. The quantitative estimate of drug-likeness (QED) is 0.808. The molecule has 0 aromatic heterocycles. The summed E-state index contributed by atoms with van der Waals surface area (Å²) < 4.78 is 5.15. The van der Waals surface area contributed by atoms with Gasteiger partial charge in [-0.3, -0.25) is 0 Å². The van der Waals surface area contributed by atoms with Crippen LogP contribution in [0.2, 0.25) is 0 Å². The number of rotatable bonds is 7. The summed E-state index contributed by atoms with van der Waals surface area (Å²) in [6.07, 6.45) is 1.12. The first kappa shape index (κ1) is 15.0. The molecule has 0 amide bonds. The minimum Gasteiger partial charge on any atom is -0.497 e. The smallest absolute Gasteiger partial charge is 0.118 e. The Labute approximate surface area is 111 Å². The van der Waals surface area contributed by atoms with Gasteiger partial charge >= 0.3 is 0 Å². The van der Waals surface area contributed by atoms with E-state index in [1.54, 1.807) is 7.11 Å². The molecule has 0 saturated carbocycles. The molecule has 0 aliphatic heterocycles. The fourth-order valence-electron chi connectivity index (χ4n) is 1.72. The van der Waals surface area contributed by atoms with Crippen molar-refractivity contribution in [3.8, 4) is 5.75 Å². The van der Waals surface area contributed by atoms with Crippen molar-refractivity contribution in [1.82, 2.24) is 4.90 Å². The van der Waals surface area contributed by atoms with Crippen LogP contribution in [0.3, 0.4) is 0 Å². The fourth-order valence-corrected chi connectivity index (χ4v) is 1.72. The normalized spacial score (nSPS) is 11.9. The number of methoxy groups -OCH3 is 1. The van der Waals surface area contributed by atoms with Crippen LogP contribution in [0.1, 0.15) is 25.8 Å². The average Bonchev–Trinajstić information content (AvgIpc) is 2.37. The second kappa shape index (κ2) is 6.76. The van der Waals surface area contributed by atoms with Gasteiger partial charge in [0.05, 0.1) is 7.11 Å². The first-order valence-electron chi connectivity index (χ1n) is 6.48. The molecular weight excluding hydrogens is 224 g/mol. The maximum Gasteiger partial charge on any atom is 0.118 e. The van der Waals surface area contributed by atoms with Crippen LogP contribution in [-0.2, 0) is 6.54 Å². The van der Waals surface area contributed by atoms with E-state index in [1.807, 2.05) is 12.1 Å². The Morgan fingerprint density at radius 2 is 1.83 bits per heavy atom. The molecular formula is C15H26N2O. The van der Waals surface area contributed by atoms with Crippen molar-refractivity contribution in [1.29, 1.82) is 0 Å². The van der Waals surface area contributed by atoms with Crippen molar-refractivity contribution < 1.29 is 4.74 Å². The Kier molecular flexibility index (Phi) is 5.63. The molecule has 2 N–H and O–H groups in total. The molecule has 18 heavy (non-hydrogen) atoms. The molecule has 1 aromatic carbocycles. The first-order valence-corrected chi connectivity index (χ1v) is 6.48. The van der Waals surface area contributed by atoms with Crippen LogP contribution in [0.25, 0.3) is 0 Å². The highest BCUT2D eigenvalue weighted by Crippen LogP contribution is 2.19. The van der Waals surface area contributed by atoms with Crippen LogP contribution in [0, 0.1) is 5.41 Å². The fraction of sp³-hybridized carbons (Fsp3) is 0.600. The van der Waals surface area contributed by atoms with Gasteiger partial charge in [0.25, 0.3) is 0 Å². The molecule has 0 unspecified atom stereocenters. The van der Waals surface area contributed by atoms with Crippen molar-refractivity contribution >= 4 is 0 Å². The zero-order valence-corrected chi connectivity index (χ0v) is 12.1. The largest absolute Gasteiger partial charge is 0.497 e. The lowest BCUT2D eigenvalue weighted by atomic mass is 9.89. The van der Waals surface area contributed by atoms with Crippen LogP contribution in [-0.4, -0.2) is 32.1 Å². The van der Waals surface area contributed by atoms with Crippen molar-refractivity contribution in [3.63, 3.8) is 0 Å². The number of hydrogen-bond donors (Lipinski definition) is 1. The summed E-state index contributed by atoms with van der Waals surface area (Å²) >= 11 is 0. The highest BCUT2D eigenvalue weighted by molar-refractivity contribution is 5.26. The Morgan fingerprint density at radius 3 is 2.33 bits per heavy atom. The van der Waals surface area contributed by atoms with Crippen LogP contribution in [0.15, 0.2) is 24.3 Å². The van der Waals surface area contributed by atoms with Gasteiger partial charge in [0.1, 0.15) is 5.75 Å². The summed E-state index contributed by atoms with van der Waals surface area (Å²) in [6, 6.07) is 8.24. The standard InChI is InChI=1S/C15H26N2O/c1-15(2,12-16)9-10-17(3)11-13-5-7-14(18-4)8-6-13/h5-8H,9-12,16H2,1-4H3. The average molecular weight is 250 g/mol. The SMILES string of the molecule is COc1ccc(CN(C)CCC(C)(C)CN)cc1. The number of hydrogen-bond acceptors (Lipinski definition) is 3. The molecule has 3 heteroatoms. The molecule has 0 fully saturated rings. The highest BCUT2D eigenvalue weighted by Gasteiger charge is 2.15. The van der Waals surface area contributed by atoms with E-state index in [2.05, 4.69) is 37.9 Å². The second-order valence-electron chi connectivity index (χ2n) is 5.70. The third-order valence-corrected chi connectivity index (χ3v) is 3.33. The summed E-state index contributed by atoms with van der Waals surface area (Å²) in [6.45, 7) is 7.20. The van der Waals surface area contributed by atoms with E-state index in [1.165, 1.54) is 5.56 Å². The minimum atomic E-state index is 0.230. The topological polar surface area (TPSA) is 38.5 Å². The molecule has 1 aromatic rings. The van der Waals surface area contributed by atoms with E-state index in [0.29, 0.717) is 0 Å². The summed E-state index contributed by atoms with van der Waals surface area (Å²) in [5.41, 5.74) is 7.28. The van der Waals surface area contributed by atoms with Crippen molar-refractivity contribution in [2.45, 2.75) is 26.8 Å². The third kappa shape index (κ3) is 5.07. The van der Waals surface area contributed by atoms with Crippen LogP contribution in [0.5, 0.6) is 5.75 Å². The Morgan fingerprint density at radius 1 is 1.22 bits per heavy atom. The van der Waals surface area contributed by atoms with E-state index >= 15 is 0 Å². The van der Waals surface area contributed by atoms with Gasteiger partial charge in [-0.25, -0.2) is 0 Å². The van der Waals surface area contributed by atoms with Gasteiger partial charge in [-0.05, 0) is 49.7 Å². The molecule has 0 spiro atoms. The molecule has 0 bridgehead atoms. The van der Waals surface area contributed by atoms with E-state index in [4.69, 9.17) is 10.5 Å². The molecule has 0 saturated heterocycles. The van der Waals surface area contributed by atoms with E-state index in [0.717, 1.165) is 31.8 Å². The molecule has 0 aliphatic carbocycles. The molecule has 3 nitrogen and oxygen atoms in total. The lowest BCUT2D eigenvalue weighted by Gasteiger charge is -2.26. The van der Waals surface area contributed by atoms with Crippen molar-refractivity contribution in [2.24, 2.45) is 11.1 Å². The van der Waals surface area contributed by atoms with Gasteiger partial charge in [-0.15, -0.1) is 0 Å². The monoisotopic (exact) mass is 250 g/mol. The zero-order valence-electron chi connectivity index (χ0n) is 12.1. The van der Waals surface area contributed by atoms with Gasteiger partial charge < -0.3 is 15.4 Å². The summed E-state index contributed by atoms with van der Waals surface area (Å²) in [5.74, 6) is 0.908. The molecule has 1 rings (SSSR count). The predicted molar refractivity (Wildman–Crippen MR) is 76.8 cm³/mol. The Hall–Kier alpha value is -1.06. The number of ether oxygens (including phenoxy) is 1. The van der Waals surface area contributed by atoms with Crippen molar-refractivity contribution in [2.75, 3.05) is 27.2 Å². The van der Waals surface area contributed by atoms with Crippen LogP contribution < -0.4 is 10.5 Å². The molecule has 102 valence electrons. The Balaban J connectivity index is 2.41. The van der Waals surface area contributed by atoms with Gasteiger partial charge in [-0.1, -0.05) is 26.0 Å². The van der Waals surface area contributed by atoms with Gasteiger partial charge in [0.15, 0.2) is 0 Å². The summed E-state index contributed by atoms with van der Waals surface area (Å²) in [5, 5.41) is 0. The number of nitrogens with zero attached hydrogens (tertiary/aromatic N) is 1. The first-order chi connectivity index (χ1) is 8.46. The third-order valence-electron chi connectivity index (χ3n) is 3.33. The lowest BCUT2D eigenvalue weighted by Crippen LogP contribution is -2.29. The minimum absolute atomic E-state index is 0.230. The maximum atomic E-state index is 5.74. The van der Waals surface area contributed by atoms with Gasteiger partial charge in [0, 0.05) is 6.54 Å². The van der Waals surface area contributed by atoms with Crippen molar-refractivity contribution in [3.05, 3.63) is 29.8 Å². The van der Waals surface area contributed by atoms with E-state index in [-0.39, 0.29) is 5.41 Å². The molecule has 0 atom stereocenters. The summed E-state index contributed by atoms with van der Waals surface area (Å²) in [4.78, 5) is 2.33. The molecule has 0 aliphatic rings. The second-order valence-corrected chi connectivity index (χ2v) is 5.70. The molecule has 0 radical (unpaired) electrons.